The lowest BCUT2D eigenvalue weighted by atomic mass is 10.1. The van der Waals surface area contributed by atoms with E-state index >= 15 is 0 Å². The molecule has 6 heteroatoms. The molecule has 1 aromatic heterocycles. The van der Waals surface area contributed by atoms with E-state index in [0.717, 1.165) is 5.56 Å². The van der Waals surface area contributed by atoms with Crippen LogP contribution in [-0.2, 0) is 0 Å². The van der Waals surface area contributed by atoms with Crippen LogP contribution in [0.4, 0.5) is 5.69 Å². The van der Waals surface area contributed by atoms with Gasteiger partial charge in [0.15, 0.2) is 5.84 Å². The molecule has 0 spiro atoms. The van der Waals surface area contributed by atoms with E-state index in [0.29, 0.717) is 16.8 Å². The van der Waals surface area contributed by atoms with E-state index in [4.69, 9.17) is 10.9 Å². The summed E-state index contributed by atoms with van der Waals surface area (Å²) >= 11 is 0. The monoisotopic (exact) mass is 270 g/mol. The molecule has 2 aromatic rings. The Morgan fingerprint density at radius 2 is 1.90 bits per heavy atom. The lowest BCUT2D eigenvalue weighted by Crippen LogP contribution is -2.15. The lowest BCUT2D eigenvalue weighted by molar-refractivity contribution is 0.102. The second kappa shape index (κ2) is 5.83. The van der Waals surface area contributed by atoms with E-state index in [1.807, 2.05) is 13.0 Å². The molecule has 0 radical (unpaired) electrons. The smallest absolute Gasteiger partial charge is 0.255 e. The summed E-state index contributed by atoms with van der Waals surface area (Å²) in [4.78, 5) is 16.0. The Balaban J connectivity index is 2.14. The first kappa shape index (κ1) is 13.5. The number of aryl methyl sites for hydroxylation is 1. The number of carbonyl (C=O) groups excluding carboxylic acids is 1. The molecule has 0 unspecified atom stereocenters. The van der Waals surface area contributed by atoms with E-state index in [2.05, 4.69) is 15.5 Å². The molecular weight excluding hydrogens is 256 g/mol. The average Bonchev–Trinajstić information content (AvgIpc) is 2.46. The van der Waals surface area contributed by atoms with Gasteiger partial charge in [-0.1, -0.05) is 17.3 Å². The molecule has 0 bridgehead atoms. The van der Waals surface area contributed by atoms with Crippen LogP contribution in [-0.4, -0.2) is 21.9 Å². The van der Waals surface area contributed by atoms with Gasteiger partial charge in [-0.2, -0.15) is 0 Å². The SMILES string of the molecule is Cc1cncc(NC(=O)c2ccc(/C(N)=N/O)cc2)c1. The van der Waals surface area contributed by atoms with Crippen LogP contribution in [0.1, 0.15) is 21.5 Å². The Kier molecular flexibility index (Phi) is 3.95. The number of pyridine rings is 1. The molecule has 4 N–H and O–H groups in total. The Labute approximate surface area is 115 Å². The van der Waals surface area contributed by atoms with E-state index in [9.17, 15) is 4.79 Å². The molecule has 0 atom stereocenters. The number of amides is 1. The number of benzene rings is 1. The molecule has 0 saturated heterocycles. The molecule has 0 fully saturated rings. The molecule has 1 amide bonds. The highest BCUT2D eigenvalue weighted by atomic mass is 16.4. The number of oxime groups is 1. The van der Waals surface area contributed by atoms with Gasteiger partial charge in [0.25, 0.3) is 5.91 Å². The highest BCUT2D eigenvalue weighted by Gasteiger charge is 2.07. The Morgan fingerprint density at radius 3 is 2.50 bits per heavy atom. The number of aromatic nitrogens is 1. The maximum absolute atomic E-state index is 12.0. The molecule has 1 aromatic carbocycles. The van der Waals surface area contributed by atoms with Crippen LogP contribution in [0.15, 0.2) is 47.9 Å². The van der Waals surface area contributed by atoms with Crippen LogP contribution in [0.5, 0.6) is 0 Å². The molecule has 6 nitrogen and oxygen atoms in total. The standard InChI is InChI=1S/C14H14N4O2/c1-9-6-12(8-16-7-9)17-14(19)11-4-2-10(3-5-11)13(15)18-20/h2-8,20H,1H3,(H2,15,18)(H,17,19). The Hall–Kier alpha value is -2.89. The molecular formula is C14H14N4O2. The maximum Gasteiger partial charge on any atom is 0.255 e. The maximum atomic E-state index is 12.0. The highest BCUT2D eigenvalue weighted by molar-refractivity contribution is 6.05. The number of nitrogens with two attached hydrogens (primary N) is 1. The predicted octanol–water partition coefficient (Wildman–Crippen LogP) is 1.74. The Bertz CT molecular complexity index is 650. The van der Waals surface area contributed by atoms with Crippen molar-refractivity contribution in [1.82, 2.24) is 4.98 Å². The minimum Gasteiger partial charge on any atom is -0.409 e. The van der Waals surface area contributed by atoms with Crippen LogP contribution in [0.3, 0.4) is 0 Å². The van der Waals surface area contributed by atoms with Gasteiger partial charge in [0, 0.05) is 17.3 Å². The fourth-order valence-electron chi connectivity index (χ4n) is 1.68. The molecule has 102 valence electrons. The summed E-state index contributed by atoms with van der Waals surface area (Å²) in [5, 5.41) is 14.2. The highest BCUT2D eigenvalue weighted by Crippen LogP contribution is 2.10. The van der Waals surface area contributed by atoms with Crippen molar-refractivity contribution in [2.24, 2.45) is 10.9 Å². The van der Waals surface area contributed by atoms with E-state index < -0.39 is 0 Å². The van der Waals surface area contributed by atoms with Gasteiger partial charge < -0.3 is 16.3 Å². The minimum absolute atomic E-state index is 0.000146. The summed E-state index contributed by atoms with van der Waals surface area (Å²) in [6.45, 7) is 1.90. The van der Waals surface area contributed by atoms with Gasteiger partial charge in [0.05, 0.1) is 11.9 Å². The zero-order valence-corrected chi connectivity index (χ0v) is 10.9. The molecule has 2 rings (SSSR count). The number of rotatable bonds is 3. The van der Waals surface area contributed by atoms with Gasteiger partial charge >= 0.3 is 0 Å². The summed E-state index contributed by atoms with van der Waals surface area (Å²) in [6.07, 6.45) is 3.29. The fraction of sp³-hybridized carbons (Fsp3) is 0.0714. The van der Waals surface area contributed by atoms with Crippen LogP contribution in [0, 0.1) is 6.92 Å². The third-order valence-corrected chi connectivity index (χ3v) is 2.68. The number of nitrogens with one attached hydrogen (secondary N) is 1. The summed E-state index contributed by atoms with van der Waals surface area (Å²) in [5.41, 5.74) is 8.07. The quantitative estimate of drug-likeness (QED) is 0.342. The zero-order valence-electron chi connectivity index (χ0n) is 10.9. The first-order valence-corrected chi connectivity index (χ1v) is 5.91. The summed E-state index contributed by atoms with van der Waals surface area (Å²) < 4.78 is 0. The minimum atomic E-state index is -0.247. The molecule has 1 heterocycles. The van der Waals surface area contributed by atoms with Gasteiger partial charge in [-0.05, 0) is 30.7 Å². The van der Waals surface area contributed by atoms with E-state index in [1.165, 1.54) is 0 Å². The molecule has 0 aliphatic heterocycles. The number of anilines is 1. The van der Waals surface area contributed by atoms with Crippen molar-refractivity contribution in [2.45, 2.75) is 6.92 Å². The number of hydrogen-bond donors (Lipinski definition) is 3. The molecule has 0 aliphatic rings. The second-order valence-electron chi connectivity index (χ2n) is 4.27. The van der Waals surface area contributed by atoms with Crippen LogP contribution in [0.2, 0.25) is 0 Å². The summed E-state index contributed by atoms with van der Waals surface area (Å²) in [7, 11) is 0. The second-order valence-corrected chi connectivity index (χ2v) is 4.27. The fourth-order valence-corrected chi connectivity index (χ4v) is 1.68. The van der Waals surface area contributed by atoms with Gasteiger partial charge in [0.1, 0.15) is 0 Å². The van der Waals surface area contributed by atoms with E-state index in [-0.39, 0.29) is 11.7 Å². The van der Waals surface area contributed by atoms with Crippen molar-refractivity contribution in [3.05, 3.63) is 59.4 Å². The van der Waals surface area contributed by atoms with Crippen molar-refractivity contribution in [3.8, 4) is 0 Å². The van der Waals surface area contributed by atoms with Crippen LogP contribution in [0.25, 0.3) is 0 Å². The molecule has 0 saturated carbocycles. The number of amidine groups is 1. The Morgan fingerprint density at radius 1 is 1.25 bits per heavy atom. The van der Waals surface area contributed by atoms with Gasteiger partial charge in [-0.15, -0.1) is 0 Å². The van der Waals surface area contributed by atoms with Crippen molar-refractivity contribution in [3.63, 3.8) is 0 Å². The molecule has 0 aliphatic carbocycles. The van der Waals surface area contributed by atoms with Crippen molar-refractivity contribution in [1.29, 1.82) is 0 Å². The number of carbonyl (C=O) groups is 1. The summed E-state index contributed by atoms with van der Waals surface area (Å²) in [6, 6.07) is 8.25. The van der Waals surface area contributed by atoms with Gasteiger partial charge in [-0.3, -0.25) is 9.78 Å². The third-order valence-electron chi connectivity index (χ3n) is 2.68. The van der Waals surface area contributed by atoms with Crippen LogP contribution >= 0.6 is 0 Å². The summed E-state index contributed by atoms with van der Waals surface area (Å²) in [5.74, 6) is -0.247. The van der Waals surface area contributed by atoms with Gasteiger partial charge in [-0.25, -0.2) is 0 Å². The first-order valence-electron chi connectivity index (χ1n) is 5.91. The first-order chi connectivity index (χ1) is 9.60. The predicted molar refractivity (Wildman–Crippen MR) is 75.9 cm³/mol. The third kappa shape index (κ3) is 3.11. The van der Waals surface area contributed by atoms with Gasteiger partial charge in [0.2, 0.25) is 0 Å². The number of nitrogens with zero attached hydrogens (tertiary/aromatic N) is 2. The van der Waals surface area contributed by atoms with Crippen molar-refractivity contribution >= 4 is 17.4 Å². The topological polar surface area (TPSA) is 101 Å². The van der Waals surface area contributed by atoms with E-state index in [1.54, 1.807) is 36.7 Å². The lowest BCUT2D eigenvalue weighted by Gasteiger charge is -2.06. The van der Waals surface area contributed by atoms with Crippen molar-refractivity contribution in [2.75, 3.05) is 5.32 Å². The number of hydrogen-bond acceptors (Lipinski definition) is 4. The van der Waals surface area contributed by atoms with Crippen LogP contribution < -0.4 is 11.1 Å². The normalized spacial score (nSPS) is 11.2. The molecule has 20 heavy (non-hydrogen) atoms. The zero-order chi connectivity index (χ0) is 14.5. The van der Waals surface area contributed by atoms with Crippen molar-refractivity contribution < 1.29 is 10.0 Å². The largest absolute Gasteiger partial charge is 0.409 e. The average molecular weight is 270 g/mol.